The van der Waals surface area contributed by atoms with Crippen molar-refractivity contribution in [2.45, 2.75) is 41.0 Å². The van der Waals surface area contributed by atoms with E-state index in [0.717, 1.165) is 16.9 Å². The van der Waals surface area contributed by atoms with Crippen LogP contribution in [0.25, 0.3) is 0 Å². The van der Waals surface area contributed by atoms with Crippen molar-refractivity contribution in [3.8, 4) is 0 Å². The van der Waals surface area contributed by atoms with Gasteiger partial charge in [0.25, 0.3) is 0 Å². The third kappa shape index (κ3) is 2.73. The van der Waals surface area contributed by atoms with Gasteiger partial charge in [0.15, 0.2) is 0 Å². The van der Waals surface area contributed by atoms with Crippen molar-refractivity contribution < 1.29 is 14.3 Å². The quantitative estimate of drug-likeness (QED) is 0.865. The molecule has 2 rings (SSSR count). The summed E-state index contributed by atoms with van der Waals surface area (Å²) in [5.74, 6) is -0.318. The summed E-state index contributed by atoms with van der Waals surface area (Å²) in [6.45, 7) is 10.1. The molecular formula is C15H21NO3S. The predicted octanol–water partition coefficient (Wildman–Crippen LogP) is 3.53. The second-order valence-electron chi connectivity index (χ2n) is 5.94. The van der Waals surface area contributed by atoms with E-state index in [4.69, 9.17) is 4.74 Å². The molecule has 1 aromatic rings. The van der Waals surface area contributed by atoms with Crippen LogP contribution < -0.4 is 5.32 Å². The van der Waals surface area contributed by atoms with Crippen molar-refractivity contribution in [1.82, 2.24) is 0 Å². The van der Waals surface area contributed by atoms with E-state index in [1.807, 2.05) is 13.8 Å². The summed E-state index contributed by atoms with van der Waals surface area (Å²) in [5.41, 5.74) is 1.47. The van der Waals surface area contributed by atoms with Crippen LogP contribution in [0.4, 0.5) is 5.00 Å². The molecule has 1 amide bonds. The van der Waals surface area contributed by atoms with Crippen LogP contribution in [0.1, 0.15) is 48.0 Å². The third-order valence-corrected chi connectivity index (χ3v) is 5.05. The number of thiophene rings is 1. The molecule has 0 saturated heterocycles. The molecule has 1 atom stereocenters. The van der Waals surface area contributed by atoms with Gasteiger partial charge in [0.05, 0.1) is 12.2 Å². The summed E-state index contributed by atoms with van der Waals surface area (Å²) in [5, 5.41) is 3.52. The summed E-state index contributed by atoms with van der Waals surface area (Å²) >= 11 is 1.44. The lowest BCUT2D eigenvalue weighted by atomic mass is 10.1. The maximum Gasteiger partial charge on any atom is 0.341 e. The largest absolute Gasteiger partial charge is 0.462 e. The number of ether oxygens (including phenoxy) is 1. The molecule has 1 saturated carbocycles. The van der Waals surface area contributed by atoms with Gasteiger partial charge in [-0.1, -0.05) is 13.8 Å². The fourth-order valence-corrected chi connectivity index (χ4v) is 3.33. The Labute approximate surface area is 123 Å². The molecule has 1 aromatic heterocycles. The zero-order valence-electron chi connectivity index (χ0n) is 12.6. The second-order valence-corrected chi connectivity index (χ2v) is 7.17. The maximum absolute atomic E-state index is 12.2. The fourth-order valence-electron chi connectivity index (χ4n) is 2.28. The number of esters is 1. The van der Waals surface area contributed by atoms with Gasteiger partial charge in [-0.15, -0.1) is 11.3 Å². The highest BCUT2D eigenvalue weighted by atomic mass is 32.1. The minimum atomic E-state index is -0.361. The molecule has 1 fully saturated rings. The van der Waals surface area contributed by atoms with Crippen LogP contribution in [-0.2, 0) is 9.53 Å². The Balaban J connectivity index is 2.21. The molecule has 20 heavy (non-hydrogen) atoms. The number of carbonyl (C=O) groups excluding carboxylic acids is 2. The number of nitrogens with one attached hydrogen (secondary N) is 1. The monoisotopic (exact) mass is 295 g/mol. The molecule has 0 aromatic carbocycles. The second kappa shape index (κ2) is 5.20. The molecule has 0 spiro atoms. The van der Waals surface area contributed by atoms with Crippen LogP contribution in [0.15, 0.2) is 0 Å². The highest BCUT2D eigenvalue weighted by Gasteiger charge is 2.50. The first-order valence-corrected chi connectivity index (χ1v) is 7.67. The van der Waals surface area contributed by atoms with E-state index >= 15 is 0 Å². The number of hydrogen-bond acceptors (Lipinski definition) is 4. The lowest BCUT2D eigenvalue weighted by Crippen LogP contribution is -2.18. The fraction of sp³-hybridized carbons (Fsp3) is 0.600. The Bertz CT molecular complexity index is 560. The molecule has 0 radical (unpaired) electrons. The molecule has 5 heteroatoms. The smallest absolute Gasteiger partial charge is 0.341 e. The molecule has 1 aliphatic carbocycles. The van der Waals surface area contributed by atoms with Gasteiger partial charge in [-0.25, -0.2) is 4.79 Å². The lowest BCUT2D eigenvalue weighted by Gasteiger charge is -2.08. The van der Waals surface area contributed by atoms with Gasteiger partial charge in [0.1, 0.15) is 5.00 Å². The summed E-state index contributed by atoms with van der Waals surface area (Å²) < 4.78 is 5.08. The van der Waals surface area contributed by atoms with Crippen molar-refractivity contribution in [2.75, 3.05) is 11.9 Å². The van der Waals surface area contributed by atoms with Crippen molar-refractivity contribution in [3.05, 3.63) is 16.0 Å². The van der Waals surface area contributed by atoms with Crippen LogP contribution in [0, 0.1) is 25.2 Å². The molecular weight excluding hydrogens is 274 g/mol. The van der Waals surface area contributed by atoms with Crippen molar-refractivity contribution in [2.24, 2.45) is 11.3 Å². The minimum Gasteiger partial charge on any atom is -0.462 e. The Kier molecular flexibility index (Phi) is 3.91. The van der Waals surface area contributed by atoms with Crippen LogP contribution >= 0.6 is 11.3 Å². The Hall–Kier alpha value is -1.36. The SMILES string of the molecule is CCOC(=O)c1c(NC(=O)C2CC2(C)C)sc(C)c1C. The third-order valence-electron chi connectivity index (χ3n) is 3.93. The van der Waals surface area contributed by atoms with E-state index in [-0.39, 0.29) is 23.2 Å². The first-order valence-electron chi connectivity index (χ1n) is 6.86. The summed E-state index contributed by atoms with van der Waals surface area (Å²) in [7, 11) is 0. The number of hydrogen-bond donors (Lipinski definition) is 1. The number of rotatable bonds is 4. The Morgan fingerprint density at radius 2 is 2.00 bits per heavy atom. The van der Waals surface area contributed by atoms with Crippen LogP contribution in [-0.4, -0.2) is 18.5 Å². The first-order chi connectivity index (χ1) is 9.27. The lowest BCUT2D eigenvalue weighted by molar-refractivity contribution is -0.117. The average molecular weight is 295 g/mol. The predicted molar refractivity (Wildman–Crippen MR) is 80.3 cm³/mol. The van der Waals surface area contributed by atoms with E-state index in [1.54, 1.807) is 6.92 Å². The zero-order chi connectivity index (χ0) is 15.1. The van der Waals surface area contributed by atoms with Crippen LogP contribution in [0.3, 0.4) is 0 Å². The Morgan fingerprint density at radius 1 is 1.40 bits per heavy atom. The molecule has 1 heterocycles. The molecule has 4 nitrogen and oxygen atoms in total. The van der Waals surface area contributed by atoms with Crippen molar-refractivity contribution >= 4 is 28.2 Å². The minimum absolute atomic E-state index is 0.00167. The van der Waals surface area contributed by atoms with Gasteiger partial charge >= 0.3 is 5.97 Å². The number of anilines is 1. The number of carbonyl (C=O) groups is 2. The van der Waals surface area contributed by atoms with Crippen molar-refractivity contribution in [1.29, 1.82) is 0 Å². The van der Waals surface area contributed by atoms with Gasteiger partial charge in [-0.2, -0.15) is 0 Å². The highest BCUT2D eigenvalue weighted by Crippen LogP contribution is 2.52. The molecule has 1 N–H and O–H groups in total. The number of amides is 1. The summed E-state index contributed by atoms with van der Waals surface area (Å²) in [6, 6.07) is 0. The summed E-state index contributed by atoms with van der Waals surface area (Å²) in [4.78, 5) is 25.2. The van der Waals surface area contributed by atoms with E-state index in [0.29, 0.717) is 17.2 Å². The first kappa shape index (κ1) is 15.0. The Morgan fingerprint density at radius 3 is 2.50 bits per heavy atom. The number of aryl methyl sites for hydroxylation is 1. The van der Waals surface area contributed by atoms with E-state index in [1.165, 1.54) is 11.3 Å². The molecule has 110 valence electrons. The van der Waals surface area contributed by atoms with E-state index in [2.05, 4.69) is 19.2 Å². The van der Waals surface area contributed by atoms with Crippen LogP contribution in [0.5, 0.6) is 0 Å². The highest BCUT2D eigenvalue weighted by molar-refractivity contribution is 7.16. The topological polar surface area (TPSA) is 55.4 Å². The normalized spacial score (nSPS) is 19.6. The average Bonchev–Trinajstić information content (AvgIpc) is 2.89. The molecule has 0 bridgehead atoms. The molecule has 1 unspecified atom stereocenters. The van der Waals surface area contributed by atoms with Crippen molar-refractivity contribution in [3.63, 3.8) is 0 Å². The van der Waals surface area contributed by atoms with Gasteiger partial charge in [-0.3, -0.25) is 4.79 Å². The molecule has 1 aliphatic rings. The van der Waals surface area contributed by atoms with Gasteiger partial charge in [-0.05, 0) is 38.2 Å². The molecule has 0 aliphatic heterocycles. The zero-order valence-corrected chi connectivity index (χ0v) is 13.4. The van der Waals surface area contributed by atoms with E-state index < -0.39 is 0 Å². The summed E-state index contributed by atoms with van der Waals surface area (Å²) in [6.07, 6.45) is 0.900. The van der Waals surface area contributed by atoms with Crippen LogP contribution in [0.2, 0.25) is 0 Å². The van der Waals surface area contributed by atoms with Gasteiger partial charge < -0.3 is 10.1 Å². The van der Waals surface area contributed by atoms with Gasteiger partial charge in [0.2, 0.25) is 5.91 Å². The maximum atomic E-state index is 12.2. The standard InChI is InChI=1S/C15H21NO3S/c1-6-19-14(18)11-8(2)9(3)20-13(11)16-12(17)10-7-15(10,4)5/h10H,6-7H2,1-5H3,(H,16,17). The van der Waals surface area contributed by atoms with Gasteiger partial charge in [0, 0.05) is 10.8 Å². The van der Waals surface area contributed by atoms with E-state index in [9.17, 15) is 9.59 Å².